The Labute approximate surface area is 375 Å². The second kappa shape index (κ2) is 15.0. The zero-order valence-electron chi connectivity index (χ0n) is 35.3. The SMILES string of the molecule is c1cc(-c2ccc(N(c3ccc(-c4cccc5c4oc4ccccc45)cc3)c3ccccc3-c3ccc4oc5cc6ccccc6cc5c4c3)cc2)cc(-c2cccc3ccccc23)c1. The van der Waals surface area contributed by atoms with Gasteiger partial charge in [0.15, 0.2) is 0 Å². The lowest BCUT2D eigenvalue weighted by Crippen LogP contribution is -2.11. The fourth-order valence-electron chi connectivity index (χ4n) is 9.88. The summed E-state index contributed by atoms with van der Waals surface area (Å²) in [6.07, 6.45) is 0. The fourth-order valence-corrected chi connectivity index (χ4v) is 9.88. The molecule has 65 heavy (non-hydrogen) atoms. The normalized spacial score (nSPS) is 11.7. The van der Waals surface area contributed by atoms with Crippen LogP contribution in [-0.4, -0.2) is 0 Å². The largest absolute Gasteiger partial charge is 0.456 e. The quantitative estimate of drug-likeness (QED) is 0.160. The Morgan fingerprint density at radius 3 is 1.66 bits per heavy atom. The van der Waals surface area contributed by atoms with Crippen molar-refractivity contribution in [1.29, 1.82) is 0 Å². The van der Waals surface area contributed by atoms with Gasteiger partial charge < -0.3 is 13.7 Å². The van der Waals surface area contributed by atoms with E-state index in [4.69, 9.17) is 8.83 Å². The summed E-state index contributed by atoms with van der Waals surface area (Å²) in [6.45, 7) is 0. The molecular weight excluding hydrogens is 791 g/mol. The van der Waals surface area contributed by atoms with E-state index < -0.39 is 0 Å². The number of fused-ring (bicyclic) bond motifs is 8. The van der Waals surface area contributed by atoms with E-state index in [0.29, 0.717) is 0 Å². The van der Waals surface area contributed by atoms with Gasteiger partial charge in [-0.05, 0) is 122 Å². The lowest BCUT2D eigenvalue weighted by molar-refractivity contribution is 0.669. The molecule has 0 saturated carbocycles. The van der Waals surface area contributed by atoms with Gasteiger partial charge in [-0.15, -0.1) is 0 Å². The van der Waals surface area contributed by atoms with Gasteiger partial charge in [0, 0.05) is 44.0 Å². The van der Waals surface area contributed by atoms with E-state index in [1.165, 1.54) is 38.2 Å². The minimum Gasteiger partial charge on any atom is -0.456 e. The molecule has 0 aliphatic heterocycles. The number of rotatable bonds is 7. The summed E-state index contributed by atoms with van der Waals surface area (Å²) in [4.78, 5) is 2.38. The molecule has 11 aromatic carbocycles. The molecule has 0 radical (unpaired) electrons. The number of benzene rings is 11. The number of anilines is 3. The number of para-hydroxylation sites is 3. The van der Waals surface area contributed by atoms with Crippen LogP contribution in [0, 0.1) is 0 Å². The van der Waals surface area contributed by atoms with E-state index in [0.717, 1.165) is 88.8 Å². The summed E-state index contributed by atoms with van der Waals surface area (Å²) in [5, 5.41) is 9.33. The molecule has 0 spiro atoms. The van der Waals surface area contributed by atoms with E-state index >= 15 is 0 Å². The standard InChI is InChI=1S/C62H39NO2/c1-2-14-45-39-61-57(37-44(45)13-1)56-38-47(30-35-60(56)64-61)52-19-5-7-24-58(52)63(49-33-28-42(29-34-49)53-22-11-23-55-54-20-6-8-25-59(54)65-62(53)55)48-31-26-40(27-32-48)43-16-9-17-46(36-43)51-21-10-15-41-12-3-4-18-50(41)51/h1-39H. The van der Waals surface area contributed by atoms with Gasteiger partial charge in [0.2, 0.25) is 0 Å². The highest BCUT2D eigenvalue weighted by molar-refractivity contribution is 6.12. The van der Waals surface area contributed by atoms with E-state index in [1.807, 2.05) is 12.1 Å². The molecule has 304 valence electrons. The van der Waals surface area contributed by atoms with Crippen LogP contribution in [0.4, 0.5) is 17.1 Å². The Morgan fingerprint density at radius 2 is 0.815 bits per heavy atom. The van der Waals surface area contributed by atoms with E-state index in [1.54, 1.807) is 0 Å². The summed E-state index contributed by atoms with van der Waals surface area (Å²) in [7, 11) is 0. The monoisotopic (exact) mass is 829 g/mol. The molecule has 0 bridgehead atoms. The molecule has 0 atom stereocenters. The van der Waals surface area contributed by atoms with Crippen LogP contribution in [0.25, 0.3) is 110 Å². The molecule has 0 unspecified atom stereocenters. The molecule has 0 fully saturated rings. The first kappa shape index (κ1) is 36.9. The Hall–Kier alpha value is -8.66. The van der Waals surface area contributed by atoms with Gasteiger partial charge in [0.1, 0.15) is 22.3 Å². The van der Waals surface area contributed by atoms with Crippen molar-refractivity contribution in [3.05, 3.63) is 237 Å². The highest BCUT2D eigenvalue weighted by Gasteiger charge is 2.20. The van der Waals surface area contributed by atoms with Gasteiger partial charge >= 0.3 is 0 Å². The number of nitrogens with zero attached hydrogens (tertiary/aromatic N) is 1. The van der Waals surface area contributed by atoms with Crippen molar-refractivity contribution in [2.75, 3.05) is 4.90 Å². The molecular formula is C62H39NO2. The third kappa shape index (κ3) is 6.28. The second-order valence-electron chi connectivity index (χ2n) is 16.8. The molecule has 0 aliphatic rings. The molecule has 3 heteroatoms. The average molecular weight is 830 g/mol. The van der Waals surface area contributed by atoms with E-state index in [-0.39, 0.29) is 0 Å². The summed E-state index contributed by atoms with van der Waals surface area (Å²) >= 11 is 0. The van der Waals surface area contributed by atoms with Crippen molar-refractivity contribution in [3.8, 4) is 44.5 Å². The molecule has 13 aromatic rings. The van der Waals surface area contributed by atoms with Crippen LogP contribution in [0.3, 0.4) is 0 Å². The fraction of sp³-hybridized carbons (Fsp3) is 0. The maximum atomic E-state index is 6.47. The highest BCUT2D eigenvalue weighted by atomic mass is 16.3. The maximum Gasteiger partial charge on any atom is 0.143 e. The van der Waals surface area contributed by atoms with Gasteiger partial charge in [-0.2, -0.15) is 0 Å². The second-order valence-corrected chi connectivity index (χ2v) is 16.8. The first-order chi connectivity index (χ1) is 32.2. The van der Waals surface area contributed by atoms with Crippen molar-refractivity contribution >= 4 is 82.5 Å². The van der Waals surface area contributed by atoms with Crippen molar-refractivity contribution < 1.29 is 8.83 Å². The maximum absolute atomic E-state index is 6.47. The zero-order valence-corrected chi connectivity index (χ0v) is 35.3. The molecule has 13 rings (SSSR count). The Kier molecular flexibility index (Phi) is 8.53. The topological polar surface area (TPSA) is 29.5 Å². The summed E-state index contributed by atoms with van der Waals surface area (Å²) in [6, 6.07) is 84.8. The van der Waals surface area contributed by atoms with E-state index in [9.17, 15) is 0 Å². The molecule has 2 heterocycles. The van der Waals surface area contributed by atoms with Crippen molar-refractivity contribution in [2.24, 2.45) is 0 Å². The predicted octanol–water partition coefficient (Wildman–Crippen LogP) is 17.9. The Bertz CT molecular complexity index is 3940. The minimum absolute atomic E-state index is 0.878. The van der Waals surface area contributed by atoms with Gasteiger partial charge in [0.25, 0.3) is 0 Å². The van der Waals surface area contributed by atoms with Crippen molar-refractivity contribution in [1.82, 2.24) is 0 Å². The van der Waals surface area contributed by atoms with Gasteiger partial charge in [0.05, 0.1) is 5.69 Å². The molecule has 3 nitrogen and oxygen atoms in total. The Balaban J connectivity index is 0.934. The summed E-state index contributed by atoms with van der Waals surface area (Å²) in [5.74, 6) is 0. The van der Waals surface area contributed by atoms with Crippen molar-refractivity contribution in [3.63, 3.8) is 0 Å². The Morgan fingerprint density at radius 1 is 0.262 bits per heavy atom. The average Bonchev–Trinajstić information content (AvgIpc) is 3.94. The first-order valence-electron chi connectivity index (χ1n) is 22.1. The van der Waals surface area contributed by atoms with Gasteiger partial charge in [-0.1, -0.05) is 170 Å². The van der Waals surface area contributed by atoms with Gasteiger partial charge in [-0.25, -0.2) is 0 Å². The number of hydrogen-bond donors (Lipinski definition) is 0. The van der Waals surface area contributed by atoms with Crippen LogP contribution in [0.15, 0.2) is 245 Å². The van der Waals surface area contributed by atoms with Crippen LogP contribution < -0.4 is 4.90 Å². The highest BCUT2D eigenvalue weighted by Crippen LogP contribution is 2.44. The third-order valence-electron chi connectivity index (χ3n) is 13.1. The first-order valence-corrected chi connectivity index (χ1v) is 22.1. The smallest absolute Gasteiger partial charge is 0.143 e. The zero-order chi connectivity index (χ0) is 42.8. The lowest BCUT2D eigenvalue weighted by atomic mass is 9.95. The number of hydrogen-bond acceptors (Lipinski definition) is 3. The van der Waals surface area contributed by atoms with Crippen LogP contribution in [-0.2, 0) is 0 Å². The van der Waals surface area contributed by atoms with Crippen molar-refractivity contribution in [2.45, 2.75) is 0 Å². The lowest BCUT2D eigenvalue weighted by Gasteiger charge is -2.28. The third-order valence-corrected chi connectivity index (χ3v) is 13.1. The predicted molar refractivity (Wildman–Crippen MR) is 272 cm³/mol. The van der Waals surface area contributed by atoms with Crippen LogP contribution in [0.1, 0.15) is 0 Å². The summed E-state index contributed by atoms with van der Waals surface area (Å²) in [5.41, 5.74) is 15.9. The minimum atomic E-state index is 0.878. The van der Waals surface area contributed by atoms with Crippen LogP contribution in [0.2, 0.25) is 0 Å². The molecule has 0 N–H and O–H groups in total. The van der Waals surface area contributed by atoms with Crippen LogP contribution >= 0.6 is 0 Å². The van der Waals surface area contributed by atoms with E-state index in [2.05, 4.69) is 229 Å². The molecule has 0 aliphatic carbocycles. The number of furan rings is 2. The summed E-state index contributed by atoms with van der Waals surface area (Å²) < 4.78 is 12.9. The van der Waals surface area contributed by atoms with Gasteiger partial charge in [-0.3, -0.25) is 0 Å². The van der Waals surface area contributed by atoms with Crippen LogP contribution in [0.5, 0.6) is 0 Å². The molecule has 2 aromatic heterocycles. The molecule has 0 saturated heterocycles. The molecule has 0 amide bonds.